The fourth-order valence-electron chi connectivity index (χ4n) is 2.06. The SMILES string of the molecule is NS(=O)(=O)Cc1ccc(NC(=O)/C=C/c2ccccc2[N+](=O)[O-])cc1. The van der Waals surface area contributed by atoms with Crippen molar-refractivity contribution in [1.29, 1.82) is 0 Å². The Kier molecular flexibility index (Phi) is 5.63. The zero-order valence-electron chi connectivity index (χ0n) is 13.0. The number of nitro benzene ring substituents is 1. The van der Waals surface area contributed by atoms with E-state index in [0.29, 0.717) is 16.8 Å². The number of nitrogens with two attached hydrogens (primary N) is 1. The first-order valence-electron chi connectivity index (χ1n) is 7.06. The normalized spacial score (nSPS) is 11.4. The molecule has 1 amide bonds. The molecule has 0 aliphatic carbocycles. The van der Waals surface area contributed by atoms with E-state index in [1.165, 1.54) is 48.6 Å². The smallest absolute Gasteiger partial charge is 0.276 e. The van der Waals surface area contributed by atoms with Crippen LogP contribution in [0.4, 0.5) is 11.4 Å². The van der Waals surface area contributed by atoms with Gasteiger partial charge in [0.2, 0.25) is 15.9 Å². The number of benzene rings is 2. The van der Waals surface area contributed by atoms with Crippen LogP contribution in [0.3, 0.4) is 0 Å². The predicted octanol–water partition coefficient (Wildman–Crippen LogP) is 2.04. The number of amides is 1. The molecule has 9 heteroatoms. The zero-order valence-corrected chi connectivity index (χ0v) is 13.8. The van der Waals surface area contributed by atoms with Gasteiger partial charge in [0.1, 0.15) is 0 Å². The molecule has 25 heavy (non-hydrogen) atoms. The summed E-state index contributed by atoms with van der Waals surface area (Å²) in [7, 11) is -3.62. The number of nitrogens with one attached hydrogen (secondary N) is 1. The monoisotopic (exact) mass is 361 g/mol. The van der Waals surface area contributed by atoms with Crippen molar-refractivity contribution in [2.45, 2.75) is 5.75 Å². The number of primary sulfonamides is 1. The lowest BCUT2D eigenvalue weighted by Gasteiger charge is -2.04. The lowest BCUT2D eigenvalue weighted by Crippen LogP contribution is -2.14. The summed E-state index contributed by atoms with van der Waals surface area (Å²) < 4.78 is 22.0. The van der Waals surface area contributed by atoms with Crippen LogP contribution in [-0.2, 0) is 20.6 Å². The van der Waals surface area contributed by atoms with E-state index in [4.69, 9.17) is 5.14 Å². The van der Waals surface area contributed by atoms with Gasteiger partial charge in [0, 0.05) is 17.8 Å². The van der Waals surface area contributed by atoms with Crippen molar-refractivity contribution in [3.8, 4) is 0 Å². The van der Waals surface area contributed by atoms with Crippen molar-refractivity contribution in [3.05, 3.63) is 75.8 Å². The van der Waals surface area contributed by atoms with Crippen LogP contribution < -0.4 is 10.5 Å². The summed E-state index contributed by atoms with van der Waals surface area (Å²) in [5.41, 5.74) is 1.16. The van der Waals surface area contributed by atoms with Crippen LogP contribution in [0.5, 0.6) is 0 Å². The van der Waals surface area contributed by atoms with Gasteiger partial charge in [0.25, 0.3) is 5.69 Å². The number of hydrogen-bond acceptors (Lipinski definition) is 5. The Bertz CT molecular complexity index is 921. The van der Waals surface area contributed by atoms with E-state index >= 15 is 0 Å². The van der Waals surface area contributed by atoms with E-state index in [1.807, 2.05) is 0 Å². The van der Waals surface area contributed by atoms with E-state index in [-0.39, 0.29) is 11.4 Å². The minimum atomic E-state index is -3.62. The molecule has 130 valence electrons. The summed E-state index contributed by atoms with van der Waals surface area (Å²) in [5, 5.41) is 18.4. The van der Waals surface area contributed by atoms with Crippen LogP contribution in [0.15, 0.2) is 54.6 Å². The second-order valence-electron chi connectivity index (χ2n) is 5.14. The average molecular weight is 361 g/mol. The number of anilines is 1. The van der Waals surface area contributed by atoms with Crippen molar-refractivity contribution in [1.82, 2.24) is 0 Å². The Hall–Kier alpha value is -3.04. The van der Waals surface area contributed by atoms with Gasteiger partial charge >= 0.3 is 0 Å². The Labute approximate surface area is 144 Å². The van der Waals surface area contributed by atoms with Gasteiger partial charge in [0.05, 0.1) is 16.2 Å². The molecule has 0 aliphatic heterocycles. The molecule has 0 atom stereocenters. The molecule has 8 nitrogen and oxygen atoms in total. The van der Waals surface area contributed by atoms with Gasteiger partial charge in [-0.1, -0.05) is 24.3 Å². The minimum absolute atomic E-state index is 0.0982. The number of para-hydroxylation sites is 1. The molecule has 0 aromatic heterocycles. The van der Waals surface area contributed by atoms with Gasteiger partial charge in [-0.15, -0.1) is 0 Å². The van der Waals surface area contributed by atoms with Crippen LogP contribution in [-0.4, -0.2) is 19.2 Å². The molecule has 0 saturated heterocycles. The van der Waals surface area contributed by atoms with Gasteiger partial charge in [-0.2, -0.15) is 0 Å². The molecule has 0 saturated carbocycles. The largest absolute Gasteiger partial charge is 0.323 e. The highest BCUT2D eigenvalue weighted by Crippen LogP contribution is 2.19. The molecule has 0 fully saturated rings. The molecule has 0 spiro atoms. The van der Waals surface area contributed by atoms with Crippen molar-refractivity contribution in [2.24, 2.45) is 5.14 Å². The maximum atomic E-state index is 11.9. The number of hydrogen-bond donors (Lipinski definition) is 2. The van der Waals surface area contributed by atoms with Gasteiger partial charge < -0.3 is 5.32 Å². The fraction of sp³-hybridized carbons (Fsp3) is 0.0625. The van der Waals surface area contributed by atoms with Gasteiger partial charge in [-0.3, -0.25) is 14.9 Å². The van der Waals surface area contributed by atoms with Crippen molar-refractivity contribution >= 4 is 33.4 Å². The van der Waals surface area contributed by atoms with Crippen molar-refractivity contribution < 1.29 is 18.1 Å². The van der Waals surface area contributed by atoms with E-state index in [2.05, 4.69) is 5.32 Å². The first kappa shape index (κ1) is 18.3. The third-order valence-electron chi connectivity index (χ3n) is 3.14. The van der Waals surface area contributed by atoms with Crippen molar-refractivity contribution in [3.63, 3.8) is 0 Å². The lowest BCUT2D eigenvalue weighted by atomic mass is 10.1. The number of carbonyl (C=O) groups excluding carboxylic acids is 1. The molecular formula is C16H15N3O5S. The Morgan fingerprint density at radius 1 is 1.16 bits per heavy atom. The van der Waals surface area contributed by atoms with E-state index in [9.17, 15) is 23.3 Å². The average Bonchev–Trinajstić information content (AvgIpc) is 2.53. The Balaban J connectivity index is 2.04. The van der Waals surface area contributed by atoms with Crippen LogP contribution in [0.1, 0.15) is 11.1 Å². The minimum Gasteiger partial charge on any atom is -0.323 e. The first-order chi connectivity index (χ1) is 11.7. The van der Waals surface area contributed by atoms with Crippen LogP contribution in [0.2, 0.25) is 0 Å². The van der Waals surface area contributed by atoms with E-state index < -0.39 is 20.9 Å². The molecular weight excluding hydrogens is 346 g/mol. The molecule has 2 aromatic carbocycles. The fourth-order valence-corrected chi connectivity index (χ4v) is 2.72. The predicted molar refractivity (Wildman–Crippen MR) is 94.0 cm³/mol. The number of nitro groups is 1. The maximum Gasteiger partial charge on any atom is 0.276 e. The number of sulfonamides is 1. The van der Waals surface area contributed by atoms with E-state index in [0.717, 1.165) is 0 Å². The summed E-state index contributed by atoms with van der Waals surface area (Å²) in [6.07, 6.45) is 2.53. The van der Waals surface area contributed by atoms with Crippen molar-refractivity contribution in [2.75, 3.05) is 5.32 Å². The molecule has 2 aromatic rings. The maximum absolute atomic E-state index is 11.9. The number of nitrogens with zero attached hydrogens (tertiary/aromatic N) is 1. The molecule has 0 unspecified atom stereocenters. The molecule has 2 rings (SSSR count). The topological polar surface area (TPSA) is 132 Å². The van der Waals surface area contributed by atoms with Crippen LogP contribution >= 0.6 is 0 Å². The zero-order chi connectivity index (χ0) is 18.4. The second-order valence-corrected chi connectivity index (χ2v) is 6.76. The molecule has 3 N–H and O–H groups in total. The second kappa shape index (κ2) is 7.69. The molecule has 0 heterocycles. The highest BCUT2D eigenvalue weighted by molar-refractivity contribution is 7.88. The Morgan fingerprint density at radius 3 is 2.40 bits per heavy atom. The number of rotatable bonds is 6. The molecule has 0 radical (unpaired) electrons. The summed E-state index contributed by atoms with van der Waals surface area (Å²) in [6, 6.07) is 12.2. The summed E-state index contributed by atoms with van der Waals surface area (Å²) in [6.45, 7) is 0. The highest BCUT2D eigenvalue weighted by Gasteiger charge is 2.10. The summed E-state index contributed by atoms with van der Waals surface area (Å²) in [4.78, 5) is 22.3. The quantitative estimate of drug-likeness (QED) is 0.461. The summed E-state index contributed by atoms with van der Waals surface area (Å²) in [5.74, 6) is -0.768. The number of carbonyl (C=O) groups is 1. The molecule has 0 aliphatic rings. The first-order valence-corrected chi connectivity index (χ1v) is 8.78. The lowest BCUT2D eigenvalue weighted by molar-refractivity contribution is -0.385. The third-order valence-corrected chi connectivity index (χ3v) is 3.87. The Morgan fingerprint density at radius 2 is 1.80 bits per heavy atom. The highest BCUT2D eigenvalue weighted by atomic mass is 32.2. The van der Waals surface area contributed by atoms with Crippen LogP contribution in [0.25, 0.3) is 6.08 Å². The van der Waals surface area contributed by atoms with E-state index in [1.54, 1.807) is 12.1 Å². The van der Waals surface area contributed by atoms with Gasteiger partial charge in [-0.05, 0) is 29.8 Å². The third kappa shape index (κ3) is 5.83. The standard InChI is InChI=1S/C16H15N3O5S/c17-25(23,24)11-12-5-8-14(9-6-12)18-16(20)10-7-13-3-1-2-4-15(13)19(21)22/h1-10H,11H2,(H,18,20)(H2,17,23,24)/b10-7+. The van der Waals surface area contributed by atoms with Crippen LogP contribution in [0, 0.1) is 10.1 Å². The van der Waals surface area contributed by atoms with Gasteiger partial charge in [0.15, 0.2) is 0 Å². The van der Waals surface area contributed by atoms with Gasteiger partial charge in [-0.25, -0.2) is 13.6 Å². The summed E-state index contributed by atoms with van der Waals surface area (Å²) >= 11 is 0. The molecule has 0 bridgehead atoms.